The molecule has 0 saturated heterocycles. The van der Waals surface area contributed by atoms with Crippen LogP contribution >= 0.6 is 67.8 Å². The van der Waals surface area contributed by atoms with E-state index in [0.29, 0.717) is 7.14 Å². The van der Waals surface area contributed by atoms with Gasteiger partial charge < -0.3 is 9.47 Å². The highest BCUT2D eigenvalue weighted by Crippen LogP contribution is 2.29. The topological polar surface area (TPSA) is 107 Å². The molecule has 0 spiro atoms. The lowest BCUT2D eigenvalue weighted by molar-refractivity contribution is -0.166. The maximum Gasteiger partial charge on any atom is 0.465 e. The molecule has 0 radical (unpaired) electrons. The van der Waals surface area contributed by atoms with Crippen LogP contribution in [0.5, 0.6) is 5.75 Å². The molecule has 0 fully saturated rings. The minimum Gasteiger partial charge on any atom is -0.448 e. The lowest BCUT2D eigenvalue weighted by Crippen LogP contribution is -2.40. The van der Waals surface area contributed by atoms with Crippen LogP contribution in [0.2, 0.25) is 0 Å². The molecular weight excluding hydrogens is 683 g/mol. The van der Waals surface area contributed by atoms with Crippen LogP contribution in [0, 0.1) is 10.7 Å². The molecular formula is C10H5F2I3O7S. The van der Waals surface area contributed by atoms with Gasteiger partial charge >= 0.3 is 27.3 Å². The van der Waals surface area contributed by atoms with Gasteiger partial charge in [0.25, 0.3) is 0 Å². The van der Waals surface area contributed by atoms with Gasteiger partial charge in [-0.2, -0.15) is 17.2 Å². The molecule has 0 amide bonds. The molecule has 1 aromatic carbocycles. The molecule has 0 aliphatic heterocycles. The highest BCUT2D eigenvalue weighted by atomic mass is 127. The zero-order valence-electron chi connectivity index (χ0n) is 10.6. The van der Waals surface area contributed by atoms with Gasteiger partial charge in [-0.1, -0.05) is 0 Å². The molecule has 0 aliphatic carbocycles. The summed E-state index contributed by atoms with van der Waals surface area (Å²) in [5, 5.41) is -5.17. The Bertz CT molecular complexity index is 728. The zero-order valence-corrected chi connectivity index (χ0v) is 17.8. The number of rotatable bonds is 5. The third-order valence-electron chi connectivity index (χ3n) is 2.06. The molecule has 1 rings (SSSR count). The summed E-state index contributed by atoms with van der Waals surface area (Å²) >= 11 is 5.81. The first-order chi connectivity index (χ1) is 10.4. The fourth-order valence-corrected chi connectivity index (χ4v) is 5.16. The lowest BCUT2D eigenvalue weighted by Gasteiger charge is -2.12. The lowest BCUT2D eigenvalue weighted by atomic mass is 10.3. The van der Waals surface area contributed by atoms with Crippen LogP contribution < -0.4 is 4.74 Å². The Kier molecular flexibility index (Phi) is 7.36. The summed E-state index contributed by atoms with van der Waals surface area (Å²) in [5.74, 6) is -3.63. The third-order valence-corrected chi connectivity index (χ3v) is 5.10. The molecule has 1 N–H and O–H groups in total. The van der Waals surface area contributed by atoms with Gasteiger partial charge in [-0.15, -0.1) is 0 Å². The fourth-order valence-electron chi connectivity index (χ4n) is 1.08. The minimum absolute atomic E-state index is 0.147. The van der Waals surface area contributed by atoms with E-state index in [2.05, 4.69) is 4.74 Å². The van der Waals surface area contributed by atoms with E-state index in [1.807, 2.05) is 67.8 Å². The van der Waals surface area contributed by atoms with E-state index < -0.39 is 33.9 Å². The highest BCUT2D eigenvalue weighted by molar-refractivity contribution is 14.1. The van der Waals surface area contributed by atoms with Crippen LogP contribution in [0.15, 0.2) is 12.1 Å². The van der Waals surface area contributed by atoms with Crippen LogP contribution in [0.1, 0.15) is 0 Å². The summed E-state index contributed by atoms with van der Waals surface area (Å²) in [7, 11) is -5.99. The van der Waals surface area contributed by atoms with Crippen LogP contribution in [0.3, 0.4) is 0 Å². The number of hydrogen-bond acceptors (Lipinski definition) is 6. The molecule has 0 atom stereocenters. The second kappa shape index (κ2) is 8.00. The summed E-state index contributed by atoms with van der Waals surface area (Å²) in [6.45, 7) is -1.25. The summed E-state index contributed by atoms with van der Waals surface area (Å²) < 4.78 is 65.4. The Morgan fingerprint density at radius 3 is 2.09 bits per heavy atom. The molecule has 0 unspecified atom stereocenters. The molecule has 0 aliphatic rings. The highest BCUT2D eigenvalue weighted by Gasteiger charge is 2.54. The van der Waals surface area contributed by atoms with Gasteiger partial charge in [-0.25, -0.2) is 9.59 Å². The van der Waals surface area contributed by atoms with E-state index in [1.165, 1.54) is 0 Å². The first-order valence-corrected chi connectivity index (χ1v) is 9.91. The Morgan fingerprint density at radius 2 is 1.65 bits per heavy atom. The average molecular weight is 688 g/mol. The summed E-state index contributed by atoms with van der Waals surface area (Å²) in [5.41, 5.74) is 0. The SMILES string of the molecule is O=C(COC(=O)C(F)(F)S(=O)(=O)O)Oc1c(I)cc(I)cc1I. The minimum atomic E-state index is -5.99. The van der Waals surface area contributed by atoms with Crippen LogP contribution in [0.4, 0.5) is 8.78 Å². The van der Waals surface area contributed by atoms with Gasteiger partial charge in [0, 0.05) is 3.57 Å². The van der Waals surface area contributed by atoms with Gasteiger partial charge in [-0.3, -0.25) is 4.55 Å². The summed E-state index contributed by atoms with van der Waals surface area (Å²) in [6.07, 6.45) is 0. The quantitative estimate of drug-likeness (QED) is 0.220. The van der Waals surface area contributed by atoms with E-state index in [1.54, 1.807) is 12.1 Å². The number of hydrogen-bond donors (Lipinski definition) is 1. The predicted molar refractivity (Wildman–Crippen MR) is 97.7 cm³/mol. The van der Waals surface area contributed by atoms with Crippen molar-refractivity contribution < 1.29 is 40.8 Å². The number of halogens is 5. The standard InChI is InChI=1S/C10H5F2I3O7S/c11-10(12,23(18,19)20)9(17)21-3-7(16)22-8-5(14)1-4(13)2-6(8)15/h1-2H,3H2,(H,18,19,20). The number of alkyl halides is 2. The van der Waals surface area contributed by atoms with Gasteiger partial charge in [-0.05, 0) is 79.9 Å². The second-order valence-corrected chi connectivity index (χ2v) is 8.77. The molecule has 128 valence electrons. The van der Waals surface area contributed by atoms with Crippen molar-refractivity contribution in [3.8, 4) is 5.75 Å². The van der Waals surface area contributed by atoms with E-state index in [9.17, 15) is 26.8 Å². The number of carbonyl (C=O) groups excluding carboxylic acids is 2. The van der Waals surface area contributed by atoms with Gasteiger partial charge in [0.2, 0.25) is 0 Å². The van der Waals surface area contributed by atoms with Crippen molar-refractivity contribution in [2.24, 2.45) is 0 Å². The maximum absolute atomic E-state index is 12.9. The maximum atomic E-state index is 12.9. The predicted octanol–water partition coefficient (Wildman–Crippen LogP) is 2.43. The first-order valence-electron chi connectivity index (χ1n) is 5.23. The van der Waals surface area contributed by atoms with E-state index in [0.717, 1.165) is 3.57 Å². The number of carbonyl (C=O) groups is 2. The van der Waals surface area contributed by atoms with Gasteiger partial charge in [0.05, 0.1) is 7.14 Å². The number of benzene rings is 1. The fraction of sp³-hybridized carbons (Fsp3) is 0.200. The van der Waals surface area contributed by atoms with Crippen molar-refractivity contribution in [3.05, 3.63) is 22.8 Å². The van der Waals surface area contributed by atoms with Crippen LogP contribution in [-0.4, -0.2) is 36.8 Å². The van der Waals surface area contributed by atoms with E-state index in [-0.39, 0.29) is 5.75 Å². The Balaban J connectivity index is 2.75. The smallest absolute Gasteiger partial charge is 0.448 e. The van der Waals surface area contributed by atoms with E-state index >= 15 is 0 Å². The molecule has 0 bridgehead atoms. The molecule has 7 nitrogen and oxygen atoms in total. The Morgan fingerprint density at radius 1 is 1.17 bits per heavy atom. The molecule has 23 heavy (non-hydrogen) atoms. The van der Waals surface area contributed by atoms with Crippen molar-refractivity contribution in [1.29, 1.82) is 0 Å². The van der Waals surface area contributed by atoms with Crippen molar-refractivity contribution >= 4 is 89.8 Å². The monoisotopic (exact) mass is 688 g/mol. The van der Waals surface area contributed by atoms with Gasteiger partial charge in [0.1, 0.15) is 0 Å². The normalized spacial score (nSPS) is 11.9. The van der Waals surface area contributed by atoms with Crippen molar-refractivity contribution in [1.82, 2.24) is 0 Å². The van der Waals surface area contributed by atoms with Crippen LogP contribution in [0.25, 0.3) is 0 Å². The summed E-state index contributed by atoms with van der Waals surface area (Å²) in [6, 6.07) is 3.37. The molecule has 1 aromatic rings. The average Bonchev–Trinajstić information content (AvgIpc) is 2.38. The molecule has 0 aromatic heterocycles. The summed E-state index contributed by atoms with van der Waals surface area (Å²) in [4.78, 5) is 22.4. The van der Waals surface area contributed by atoms with Crippen molar-refractivity contribution in [3.63, 3.8) is 0 Å². The zero-order chi connectivity index (χ0) is 18.0. The Hall–Kier alpha value is 0.120. The Labute approximate surface area is 169 Å². The third kappa shape index (κ3) is 5.56. The number of esters is 2. The van der Waals surface area contributed by atoms with Gasteiger partial charge in [0.15, 0.2) is 12.4 Å². The molecule has 13 heteroatoms. The van der Waals surface area contributed by atoms with E-state index in [4.69, 9.17) is 9.29 Å². The number of ether oxygens (including phenoxy) is 2. The van der Waals surface area contributed by atoms with Crippen molar-refractivity contribution in [2.75, 3.05) is 6.61 Å². The van der Waals surface area contributed by atoms with Crippen LogP contribution in [-0.2, 0) is 24.4 Å². The first kappa shape index (κ1) is 21.2. The molecule has 0 saturated carbocycles. The second-order valence-electron chi connectivity index (χ2n) is 3.74. The molecule has 0 heterocycles. The van der Waals surface area contributed by atoms with Crippen molar-refractivity contribution in [2.45, 2.75) is 5.25 Å². The largest absolute Gasteiger partial charge is 0.465 e.